The molecule has 3 aliphatic rings. The minimum Gasteiger partial charge on any atom is -0.454 e. The molecule has 1 aliphatic carbocycles. The van der Waals surface area contributed by atoms with Gasteiger partial charge < -0.3 is 24.1 Å². The molecule has 0 radical (unpaired) electrons. The van der Waals surface area contributed by atoms with E-state index < -0.39 is 5.60 Å². The van der Waals surface area contributed by atoms with Crippen LogP contribution in [0, 0.1) is 11.8 Å². The Morgan fingerprint density at radius 3 is 2.52 bits per heavy atom. The van der Waals surface area contributed by atoms with E-state index in [0.29, 0.717) is 28.9 Å². The van der Waals surface area contributed by atoms with Crippen molar-refractivity contribution in [2.75, 3.05) is 13.6 Å². The van der Waals surface area contributed by atoms with E-state index in [2.05, 4.69) is 13.8 Å². The van der Waals surface area contributed by atoms with E-state index in [9.17, 15) is 5.11 Å². The van der Waals surface area contributed by atoms with Crippen LogP contribution in [0.15, 0.2) is 30.3 Å². The summed E-state index contributed by atoms with van der Waals surface area (Å²) in [7, 11) is 0. The van der Waals surface area contributed by atoms with Gasteiger partial charge in [-0.15, -0.1) is 0 Å². The predicted octanol–water partition coefficient (Wildman–Crippen LogP) is 3.21. The highest BCUT2D eigenvalue weighted by Crippen LogP contribution is 2.54. The fourth-order valence-corrected chi connectivity index (χ4v) is 4.31. The molecule has 0 bridgehead atoms. The summed E-state index contributed by atoms with van der Waals surface area (Å²) in [6.45, 7) is 4.67. The summed E-state index contributed by atoms with van der Waals surface area (Å²) in [5.74, 6) is 3.07. The number of ether oxygens (including phenoxy) is 4. The van der Waals surface area contributed by atoms with Crippen LogP contribution in [0.5, 0.6) is 23.0 Å². The molecule has 25 heavy (non-hydrogen) atoms. The normalized spacial score (nSPS) is 28.8. The van der Waals surface area contributed by atoms with Gasteiger partial charge in [-0.05, 0) is 47.6 Å². The van der Waals surface area contributed by atoms with Crippen LogP contribution >= 0.6 is 0 Å². The van der Waals surface area contributed by atoms with Crippen molar-refractivity contribution in [2.45, 2.75) is 25.9 Å². The summed E-state index contributed by atoms with van der Waals surface area (Å²) in [6, 6.07) is 9.64. The highest BCUT2D eigenvalue weighted by Gasteiger charge is 2.48. The number of fused-ring (bicyclic) bond motifs is 4. The van der Waals surface area contributed by atoms with Gasteiger partial charge >= 0.3 is 0 Å². The lowest BCUT2D eigenvalue weighted by Crippen LogP contribution is -2.43. The van der Waals surface area contributed by atoms with Crippen LogP contribution in [-0.2, 0) is 12.0 Å². The second-order valence-electron chi connectivity index (χ2n) is 7.14. The van der Waals surface area contributed by atoms with Crippen molar-refractivity contribution >= 4 is 0 Å². The molecule has 3 atom stereocenters. The summed E-state index contributed by atoms with van der Waals surface area (Å²) in [6.07, 6.45) is 0.903. The zero-order valence-electron chi connectivity index (χ0n) is 14.2. The molecule has 2 aliphatic heterocycles. The van der Waals surface area contributed by atoms with Crippen molar-refractivity contribution < 1.29 is 24.1 Å². The molecule has 2 aromatic rings. The third-order valence-corrected chi connectivity index (χ3v) is 5.87. The maximum absolute atomic E-state index is 12.0. The molecule has 5 heteroatoms. The Hall–Kier alpha value is -2.40. The lowest BCUT2D eigenvalue weighted by Gasteiger charge is -2.44. The monoisotopic (exact) mass is 340 g/mol. The van der Waals surface area contributed by atoms with E-state index in [0.717, 1.165) is 23.1 Å². The van der Waals surface area contributed by atoms with Crippen LogP contribution < -0.4 is 18.9 Å². The van der Waals surface area contributed by atoms with Gasteiger partial charge in [-0.2, -0.15) is 0 Å². The molecule has 0 saturated heterocycles. The molecule has 130 valence electrons. The van der Waals surface area contributed by atoms with Crippen LogP contribution in [0.1, 0.15) is 30.5 Å². The average Bonchev–Trinajstić information content (AvgIpc) is 3.27. The number of benzene rings is 2. The molecule has 1 N–H and O–H groups in total. The van der Waals surface area contributed by atoms with Gasteiger partial charge in [-0.25, -0.2) is 0 Å². The minimum absolute atomic E-state index is 0.0103. The van der Waals surface area contributed by atoms with E-state index >= 15 is 0 Å². The van der Waals surface area contributed by atoms with Crippen LogP contribution in [0.3, 0.4) is 0 Å². The molecule has 0 fully saturated rings. The molecule has 5 nitrogen and oxygen atoms in total. The second-order valence-corrected chi connectivity index (χ2v) is 7.14. The standard InChI is InChI=1S/C20H20O5/c1-11-7-13-3-5-16-19(25-10-23-16)18(13)20(21,12(11)2)14-4-6-15-17(8-14)24-9-22-15/h3-6,8,11-12,21H,7,9-10H2,1-2H3/t11-,12+,20-/m1/s1. The topological polar surface area (TPSA) is 57.2 Å². The summed E-state index contributed by atoms with van der Waals surface area (Å²) >= 11 is 0. The van der Waals surface area contributed by atoms with Crippen LogP contribution in [0.25, 0.3) is 0 Å². The van der Waals surface area contributed by atoms with Crippen molar-refractivity contribution in [2.24, 2.45) is 11.8 Å². The zero-order chi connectivity index (χ0) is 17.2. The van der Waals surface area contributed by atoms with Crippen molar-refractivity contribution in [3.63, 3.8) is 0 Å². The largest absolute Gasteiger partial charge is 0.454 e. The first kappa shape index (κ1) is 14.9. The Labute approximate surface area is 146 Å². The maximum atomic E-state index is 12.0. The number of hydrogen-bond donors (Lipinski definition) is 1. The van der Waals surface area contributed by atoms with Crippen molar-refractivity contribution in [3.05, 3.63) is 47.0 Å². The third kappa shape index (κ3) is 1.93. The molecule has 0 aromatic heterocycles. The molecule has 0 unspecified atom stereocenters. The summed E-state index contributed by atoms with van der Waals surface area (Å²) in [4.78, 5) is 0. The van der Waals surface area contributed by atoms with Crippen molar-refractivity contribution in [3.8, 4) is 23.0 Å². The van der Waals surface area contributed by atoms with Gasteiger partial charge in [0.2, 0.25) is 13.6 Å². The minimum atomic E-state index is -1.17. The lowest BCUT2D eigenvalue weighted by atomic mass is 9.64. The van der Waals surface area contributed by atoms with Crippen LogP contribution in [0.2, 0.25) is 0 Å². The average molecular weight is 340 g/mol. The Bertz CT molecular complexity index is 861. The highest BCUT2D eigenvalue weighted by molar-refractivity contribution is 5.60. The van der Waals surface area contributed by atoms with Gasteiger partial charge in [0.1, 0.15) is 5.60 Å². The van der Waals surface area contributed by atoms with E-state index in [1.165, 1.54) is 0 Å². The SMILES string of the molecule is C[C@@H]1Cc2ccc3c(c2[C@](O)(c2ccc4c(c2)OCO4)[C@H]1C)OCO3. The first-order chi connectivity index (χ1) is 12.1. The maximum Gasteiger partial charge on any atom is 0.231 e. The molecular weight excluding hydrogens is 320 g/mol. The zero-order valence-corrected chi connectivity index (χ0v) is 14.2. The number of rotatable bonds is 1. The van der Waals surface area contributed by atoms with E-state index in [4.69, 9.17) is 18.9 Å². The van der Waals surface area contributed by atoms with Gasteiger partial charge in [0.15, 0.2) is 23.0 Å². The Morgan fingerprint density at radius 1 is 0.920 bits per heavy atom. The predicted molar refractivity (Wildman–Crippen MR) is 90.2 cm³/mol. The molecule has 0 saturated carbocycles. The van der Waals surface area contributed by atoms with Gasteiger partial charge in [-0.3, -0.25) is 0 Å². The quantitative estimate of drug-likeness (QED) is 0.864. The first-order valence-corrected chi connectivity index (χ1v) is 8.63. The molecular formula is C20H20O5. The summed E-state index contributed by atoms with van der Waals surface area (Å²) < 4.78 is 22.2. The van der Waals surface area contributed by atoms with Crippen molar-refractivity contribution in [1.29, 1.82) is 0 Å². The molecule has 2 aromatic carbocycles. The Balaban J connectivity index is 1.76. The first-order valence-electron chi connectivity index (χ1n) is 8.63. The number of aliphatic hydroxyl groups is 1. The van der Waals surface area contributed by atoms with Gasteiger partial charge in [-0.1, -0.05) is 26.0 Å². The Morgan fingerprint density at radius 2 is 1.64 bits per heavy atom. The smallest absolute Gasteiger partial charge is 0.231 e. The fourth-order valence-electron chi connectivity index (χ4n) is 4.31. The van der Waals surface area contributed by atoms with E-state index in [1.54, 1.807) is 0 Å². The van der Waals surface area contributed by atoms with Gasteiger partial charge in [0.25, 0.3) is 0 Å². The second kappa shape index (κ2) is 5.05. The highest BCUT2D eigenvalue weighted by atomic mass is 16.7. The molecule has 2 heterocycles. The van der Waals surface area contributed by atoms with Crippen LogP contribution in [-0.4, -0.2) is 18.7 Å². The molecule has 0 spiro atoms. The van der Waals surface area contributed by atoms with E-state index in [1.807, 2.05) is 30.3 Å². The summed E-state index contributed by atoms with van der Waals surface area (Å²) in [5, 5.41) is 12.0. The number of hydrogen-bond acceptors (Lipinski definition) is 5. The van der Waals surface area contributed by atoms with Crippen molar-refractivity contribution in [1.82, 2.24) is 0 Å². The molecule has 5 rings (SSSR count). The van der Waals surface area contributed by atoms with E-state index in [-0.39, 0.29) is 19.5 Å². The summed E-state index contributed by atoms with van der Waals surface area (Å²) in [5.41, 5.74) is 1.55. The third-order valence-electron chi connectivity index (χ3n) is 5.87. The van der Waals surface area contributed by atoms with Gasteiger partial charge in [0, 0.05) is 5.56 Å². The molecule has 0 amide bonds. The fraction of sp³-hybridized carbons (Fsp3) is 0.400. The Kier molecular flexibility index (Phi) is 3.01. The lowest BCUT2D eigenvalue weighted by molar-refractivity contribution is -0.0118. The van der Waals surface area contributed by atoms with Crippen LogP contribution in [0.4, 0.5) is 0 Å². The van der Waals surface area contributed by atoms with Gasteiger partial charge in [0.05, 0.1) is 0 Å².